The van der Waals surface area contributed by atoms with Crippen molar-refractivity contribution in [3.05, 3.63) is 29.3 Å². The Labute approximate surface area is 109 Å². The van der Waals surface area contributed by atoms with Crippen LogP contribution in [0.3, 0.4) is 0 Å². The van der Waals surface area contributed by atoms with Crippen LogP contribution in [0.25, 0.3) is 0 Å². The highest BCUT2D eigenvalue weighted by Crippen LogP contribution is 2.42. The van der Waals surface area contributed by atoms with E-state index in [1.54, 1.807) is 0 Å². The van der Waals surface area contributed by atoms with Crippen LogP contribution in [0.1, 0.15) is 29.9 Å². The molecule has 0 aromatic heterocycles. The molecule has 0 N–H and O–H groups in total. The Kier molecular flexibility index (Phi) is 2.85. The van der Waals surface area contributed by atoms with Crippen molar-refractivity contribution in [2.45, 2.75) is 25.7 Å². The van der Waals surface area contributed by atoms with Gasteiger partial charge >= 0.3 is 0 Å². The minimum atomic E-state index is -2.79. The molecule has 1 aromatic carbocycles. The van der Waals surface area contributed by atoms with Crippen LogP contribution in [0.15, 0.2) is 18.2 Å². The first kappa shape index (κ1) is 12.0. The average molecular weight is 265 g/mol. The van der Waals surface area contributed by atoms with Crippen molar-refractivity contribution in [3.63, 3.8) is 0 Å². The van der Waals surface area contributed by atoms with E-state index in [4.69, 9.17) is 0 Å². The maximum atomic E-state index is 11.4. The molecule has 1 heterocycles. The predicted molar refractivity (Wildman–Crippen MR) is 74.0 cm³/mol. The van der Waals surface area contributed by atoms with Crippen LogP contribution in [0.5, 0.6) is 0 Å². The van der Waals surface area contributed by atoms with Gasteiger partial charge in [-0.05, 0) is 48.9 Å². The van der Waals surface area contributed by atoms with Crippen molar-refractivity contribution in [1.29, 1.82) is 0 Å². The molecule has 2 fully saturated rings. The van der Waals surface area contributed by atoms with Crippen molar-refractivity contribution in [2.75, 3.05) is 29.5 Å². The largest absolute Gasteiger partial charge is 0.369 e. The highest BCUT2D eigenvalue weighted by atomic mass is 32.2. The fourth-order valence-corrected chi connectivity index (χ4v) is 3.83. The van der Waals surface area contributed by atoms with Gasteiger partial charge in [0, 0.05) is 18.8 Å². The molecule has 0 atom stereocenters. The van der Waals surface area contributed by atoms with Crippen molar-refractivity contribution < 1.29 is 8.42 Å². The summed E-state index contributed by atoms with van der Waals surface area (Å²) in [6.07, 6.45) is 2.61. The lowest BCUT2D eigenvalue weighted by Crippen LogP contribution is -2.40. The summed E-state index contributed by atoms with van der Waals surface area (Å²) in [5.41, 5.74) is 4.02. The summed E-state index contributed by atoms with van der Waals surface area (Å²) in [6.45, 7) is 3.43. The van der Waals surface area contributed by atoms with Crippen molar-refractivity contribution in [2.24, 2.45) is 0 Å². The third-order valence-corrected chi connectivity index (χ3v) is 5.60. The van der Waals surface area contributed by atoms with E-state index in [2.05, 4.69) is 30.0 Å². The smallest absolute Gasteiger partial charge is 0.153 e. The third kappa shape index (κ3) is 2.39. The molecule has 4 heteroatoms. The Hall–Kier alpha value is -1.03. The first-order chi connectivity index (χ1) is 8.55. The number of benzene rings is 1. The maximum absolute atomic E-state index is 11.4. The molecule has 0 bridgehead atoms. The standard InChI is InChI=1S/C14H19NO2S/c1-11-2-5-13(10-14(11)12-3-4-12)15-6-8-18(16,17)9-7-15/h2,5,10,12H,3-4,6-9H2,1H3. The summed E-state index contributed by atoms with van der Waals surface area (Å²) < 4.78 is 22.9. The van der Waals surface area contributed by atoms with Crippen molar-refractivity contribution >= 4 is 15.5 Å². The highest BCUT2D eigenvalue weighted by Gasteiger charge is 2.27. The van der Waals surface area contributed by atoms with E-state index < -0.39 is 9.84 Å². The molecule has 1 saturated heterocycles. The van der Waals surface area contributed by atoms with Gasteiger partial charge in [-0.25, -0.2) is 8.42 Å². The molecular weight excluding hydrogens is 246 g/mol. The van der Waals surface area contributed by atoms with Crippen LogP contribution in [-0.2, 0) is 9.84 Å². The lowest BCUT2D eigenvalue weighted by atomic mass is 10.0. The van der Waals surface area contributed by atoms with Crippen LogP contribution in [0.2, 0.25) is 0 Å². The van der Waals surface area contributed by atoms with E-state index >= 15 is 0 Å². The zero-order valence-electron chi connectivity index (χ0n) is 10.7. The quantitative estimate of drug-likeness (QED) is 0.822. The fourth-order valence-electron chi connectivity index (χ4n) is 2.63. The molecule has 1 saturated carbocycles. The zero-order valence-corrected chi connectivity index (χ0v) is 11.5. The maximum Gasteiger partial charge on any atom is 0.153 e. The van der Waals surface area contributed by atoms with Gasteiger partial charge in [-0.2, -0.15) is 0 Å². The lowest BCUT2D eigenvalue weighted by molar-refractivity contribution is 0.587. The number of hydrogen-bond donors (Lipinski definition) is 0. The number of hydrogen-bond acceptors (Lipinski definition) is 3. The van der Waals surface area contributed by atoms with Gasteiger partial charge < -0.3 is 4.90 Å². The van der Waals surface area contributed by atoms with Crippen LogP contribution in [0, 0.1) is 6.92 Å². The molecule has 0 spiro atoms. The van der Waals surface area contributed by atoms with E-state index in [0.717, 1.165) is 5.92 Å². The third-order valence-electron chi connectivity index (χ3n) is 3.99. The molecule has 1 aromatic rings. The summed E-state index contributed by atoms with van der Waals surface area (Å²) >= 11 is 0. The topological polar surface area (TPSA) is 37.4 Å². The predicted octanol–water partition coefficient (Wildman–Crippen LogP) is 2.11. The Bertz CT molecular complexity index is 547. The normalized spacial score (nSPS) is 23.1. The number of anilines is 1. The van der Waals surface area contributed by atoms with Crippen molar-refractivity contribution in [1.82, 2.24) is 0 Å². The van der Waals surface area contributed by atoms with E-state index in [1.165, 1.54) is 29.7 Å². The number of aryl methyl sites for hydroxylation is 1. The SMILES string of the molecule is Cc1ccc(N2CCS(=O)(=O)CC2)cc1C1CC1. The number of nitrogens with zero attached hydrogens (tertiary/aromatic N) is 1. The van der Waals surface area contributed by atoms with Crippen LogP contribution < -0.4 is 4.90 Å². The Balaban J connectivity index is 1.82. The van der Waals surface area contributed by atoms with E-state index in [0.29, 0.717) is 24.6 Å². The molecule has 0 amide bonds. The first-order valence-electron chi connectivity index (χ1n) is 6.61. The van der Waals surface area contributed by atoms with Gasteiger partial charge in [0.2, 0.25) is 0 Å². The number of sulfone groups is 1. The highest BCUT2D eigenvalue weighted by molar-refractivity contribution is 7.91. The molecule has 0 radical (unpaired) electrons. The van der Waals surface area contributed by atoms with Crippen LogP contribution in [-0.4, -0.2) is 33.0 Å². The molecule has 98 valence electrons. The Morgan fingerprint density at radius 1 is 1.17 bits per heavy atom. The van der Waals surface area contributed by atoms with Gasteiger partial charge in [-0.1, -0.05) is 6.07 Å². The monoisotopic (exact) mass is 265 g/mol. The van der Waals surface area contributed by atoms with Gasteiger partial charge in [0.15, 0.2) is 9.84 Å². The molecule has 18 heavy (non-hydrogen) atoms. The molecule has 3 nitrogen and oxygen atoms in total. The summed E-state index contributed by atoms with van der Waals surface area (Å²) in [6, 6.07) is 6.57. The van der Waals surface area contributed by atoms with Crippen molar-refractivity contribution in [3.8, 4) is 0 Å². The second-order valence-electron chi connectivity index (χ2n) is 5.45. The summed E-state index contributed by atoms with van der Waals surface area (Å²) in [4.78, 5) is 2.20. The van der Waals surface area contributed by atoms with E-state index in [1.807, 2.05) is 0 Å². The Morgan fingerprint density at radius 2 is 1.83 bits per heavy atom. The molecular formula is C14H19NO2S. The number of rotatable bonds is 2. The summed E-state index contributed by atoms with van der Waals surface area (Å²) in [7, 11) is -2.79. The van der Waals surface area contributed by atoms with Crippen LogP contribution in [0.4, 0.5) is 5.69 Å². The van der Waals surface area contributed by atoms with Gasteiger partial charge in [-0.15, -0.1) is 0 Å². The lowest BCUT2D eigenvalue weighted by Gasteiger charge is -2.29. The van der Waals surface area contributed by atoms with Gasteiger partial charge in [0.25, 0.3) is 0 Å². The van der Waals surface area contributed by atoms with Gasteiger partial charge in [0.1, 0.15) is 0 Å². The second-order valence-corrected chi connectivity index (χ2v) is 7.76. The molecule has 0 unspecified atom stereocenters. The molecule has 2 aliphatic rings. The fraction of sp³-hybridized carbons (Fsp3) is 0.571. The molecule has 1 aliphatic carbocycles. The summed E-state index contributed by atoms with van der Waals surface area (Å²) in [5.74, 6) is 1.33. The first-order valence-corrected chi connectivity index (χ1v) is 8.43. The zero-order chi connectivity index (χ0) is 12.8. The summed E-state index contributed by atoms with van der Waals surface area (Å²) in [5, 5.41) is 0. The Morgan fingerprint density at radius 3 is 2.44 bits per heavy atom. The van der Waals surface area contributed by atoms with Gasteiger partial charge in [-0.3, -0.25) is 0 Å². The second kappa shape index (κ2) is 4.26. The van der Waals surface area contributed by atoms with E-state index in [9.17, 15) is 8.42 Å². The molecule has 1 aliphatic heterocycles. The molecule has 3 rings (SSSR count). The average Bonchev–Trinajstić information content (AvgIpc) is 3.14. The van der Waals surface area contributed by atoms with E-state index in [-0.39, 0.29) is 0 Å². The minimum absolute atomic E-state index is 0.291. The van der Waals surface area contributed by atoms with Gasteiger partial charge in [0.05, 0.1) is 11.5 Å². The van der Waals surface area contributed by atoms with Crippen LogP contribution >= 0.6 is 0 Å². The minimum Gasteiger partial charge on any atom is -0.369 e.